The number of halogens is 1. The number of hydrogen-bond donors (Lipinski definition) is 7. The molecular weight excluding hydrogens is 539 g/mol. The largest absolute Gasteiger partial charge is 0.507 e. The van der Waals surface area contributed by atoms with E-state index in [1.807, 2.05) is 0 Å². The first-order valence-corrected chi connectivity index (χ1v) is 10.1. The van der Waals surface area contributed by atoms with Gasteiger partial charge in [-0.15, -0.1) is 28.3 Å². The number of aliphatic carboxylic acids is 1. The van der Waals surface area contributed by atoms with Gasteiger partial charge in [-0.05, 0) is 31.9 Å². The molecular formula is C18H22BBrN4O9S. The van der Waals surface area contributed by atoms with Gasteiger partial charge >= 0.3 is 19.1 Å². The summed E-state index contributed by atoms with van der Waals surface area (Å²) in [5.41, 5.74) is 2.85. The maximum atomic E-state index is 12.9. The summed E-state index contributed by atoms with van der Waals surface area (Å²) in [7, 11) is -2.13. The number of hydrogen-bond acceptors (Lipinski definition) is 11. The Labute approximate surface area is 207 Å². The summed E-state index contributed by atoms with van der Waals surface area (Å²) >= 11 is 0.970. The maximum absolute atomic E-state index is 12.9. The van der Waals surface area contributed by atoms with Gasteiger partial charge in [-0.2, -0.15) is 0 Å². The van der Waals surface area contributed by atoms with Gasteiger partial charge < -0.3 is 41.3 Å². The number of carbonyl (C=O) groups excluding carboxylic acids is 1. The Hall–Kier alpha value is -3.21. The zero-order valence-electron chi connectivity index (χ0n) is 17.8. The van der Waals surface area contributed by atoms with Crippen LogP contribution in [0.25, 0.3) is 0 Å². The van der Waals surface area contributed by atoms with E-state index in [-0.39, 0.29) is 39.8 Å². The molecule has 13 nitrogen and oxygen atoms in total. The predicted octanol–water partition coefficient (Wildman–Crippen LogP) is 0.0304. The summed E-state index contributed by atoms with van der Waals surface area (Å²) in [6.45, 7) is 2.39. The first kappa shape index (κ1) is 28.8. The molecule has 1 amide bonds. The number of nitrogens with zero attached hydrogens (tertiary/aromatic N) is 2. The molecule has 2 aromatic rings. The van der Waals surface area contributed by atoms with E-state index in [9.17, 15) is 34.6 Å². The number of nitrogens with two attached hydrogens (primary N) is 1. The van der Waals surface area contributed by atoms with Crippen molar-refractivity contribution >= 4 is 64.1 Å². The number of aromatic nitrogens is 1. The molecule has 0 saturated heterocycles. The molecule has 34 heavy (non-hydrogen) atoms. The molecule has 184 valence electrons. The molecule has 0 fully saturated rings. The number of para-hydroxylation sites is 1. The average Bonchev–Trinajstić information content (AvgIpc) is 3.14. The van der Waals surface area contributed by atoms with E-state index < -0.39 is 53.5 Å². The Bertz CT molecular complexity index is 1090. The second-order valence-electron chi connectivity index (χ2n) is 7.23. The van der Waals surface area contributed by atoms with Crippen molar-refractivity contribution in [2.75, 3.05) is 5.73 Å². The summed E-state index contributed by atoms with van der Waals surface area (Å²) in [6.07, 6.45) is -0.371. The molecule has 1 aromatic carbocycles. The molecule has 8 N–H and O–H groups in total. The third-order valence-corrected chi connectivity index (χ3v) is 5.00. The first-order valence-electron chi connectivity index (χ1n) is 9.25. The van der Waals surface area contributed by atoms with Crippen LogP contribution in [0.15, 0.2) is 28.7 Å². The van der Waals surface area contributed by atoms with Crippen LogP contribution in [0.2, 0.25) is 0 Å². The molecule has 0 saturated carbocycles. The zero-order chi connectivity index (χ0) is 24.9. The fourth-order valence-electron chi connectivity index (χ4n) is 2.43. The lowest BCUT2D eigenvalue weighted by Gasteiger charge is -2.20. The van der Waals surface area contributed by atoms with Gasteiger partial charge in [0.1, 0.15) is 17.0 Å². The summed E-state index contributed by atoms with van der Waals surface area (Å²) < 4.78 is 0. The number of amides is 1. The van der Waals surface area contributed by atoms with Crippen LogP contribution in [0.5, 0.6) is 5.75 Å². The van der Waals surface area contributed by atoms with Gasteiger partial charge in [0.15, 0.2) is 10.8 Å². The summed E-state index contributed by atoms with van der Waals surface area (Å²) in [6, 6.07) is 3.84. The average molecular weight is 561 g/mol. The maximum Gasteiger partial charge on any atom is 0.475 e. The number of aromatic hydroxyl groups is 1. The van der Waals surface area contributed by atoms with Crippen LogP contribution in [0.4, 0.5) is 5.13 Å². The third-order valence-electron chi connectivity index (χ3n) is 4.33. The van der Waals surface area contributed by atoms with Gasteiger partial charge in [0.05, 0.1) is 5.94 Å². The monoisotopic (exact) mass is 560 g/mol. The Morgan fingerprint density at radius 2 is 1.94 bits per heavy atom. The number of carboxylic acid groups (broad SMARTS) is 2. The molecule has 0 bridgehead atoms. The zero-order valence-corrected chi connectivity index (χ0v) is 20.4. The van der Waals surface area contributed by atoms with E-state index in [1.165, 1.54) is 31.4 Å². The number of rotatable bonds is 10. The summed E-state index contributed by atoms with van der Waals surface area (Å²) in [5.74, 6) is -5.80. The van der Waals surface area contributed by atoms with E-state index >= 15 is 0 Å². The number of nitrogen functional groups attached to an aromatic ring is 1. The fraction of sp³-hybridized carbons (Fsp3) is 0.278. The fourth-order valence-corrected chi connectivity index (χ4v) is 2.98. The second kappa shape index (κ2) is 11.8. The van der Waals surface area contributed by atoms with Gasteiger partial charge in [-0.25, -0.2) is 14.6 Å². The number of carboxylic acids is 2. The lowest BCUT2D eigenvalue weighted by molar-refractivity contribution is -0.161. The quantitative estimate of drug-likeness (QED) is 0.116. The predicted molar refractivity (Wildman–Crippen MR) is 127 cm³/mol. The van der Waals surface area contributed by atoms with E-state index in [0.717, 1.165) is 17.4 Å². The van der Waals surface area contributed by atoms with Gasteiger partial charge in [-0.1, -0.05) is 17.3 Å². The van der Waals surface area contributed by atoms with Crippen LogP contribution in [-0.4, -0.2) is 72.6 Å². The van der Waals surface area contributed by atoms with Crippen molar-refractivity contribution in [2.24, 2.45) is 5.16 Å². The second-order valence-corrected chi connectivity index (χ2v) is 8.12. The Kier molecular flexibility index (Phi) is 9.99. The number of phenols is 1. The Balaban J connectivity index is 0.00000578. The number of thiazole rings is 1. The SMILES string of the molecule is Br.CC(C)(O/N=C(/C(=O)NC(Cc1cccc(C(=O)O)c1O)B(O)O)c1csc(N)n1)C(=O)O. The molecule has 1 atom stereocenters. The molecule has 0 aliphatic carbocycles. The highest BCUT2D eigenvalue weighted by Crippen LogP contribution is 2.24. The molecule has 16 heteroatoms. The lowest BCUT2D eigenvalue weighted by Crippen LogP contribution is -2.50. The number of nitrogens with one attached hydrogen (secondary N) is 1. The minimum absolute atomic E-state index is 0. The van der Waals surface area contributed by atoms with Gasteiger partial charge in [0.2, 0.25) is 5.60 Å². The smallest absolute Gasteiger partial charge is 0.475 e. The number of aromatic carboxylic acids is 1. The van der Waals surface area contributed by atoms with Gasteiger partial charge in [0, 0.05) is 5.38 Å². The van der Waals surface area contributed by atoms with Crippen LogP contribution in [0.1, 0.15) is 35.5 Å². The standard InChI is InChI=1S/C18H21BN4O9S.BrH/c1-18(2,16(28)29)32-23-12(10-7-33-17(20)21-10)14(25)22-11(19(30)31)6-8-4-3-5-9(13(8)24)15(26)27;/h3-5,7,11,24,30-31H,6H2,1-2H3,(H2,20,21)(H,22,25)(H,26,27)(H,28,29);1H/b23-12+;. The van der Waals surface area contributed by atoms with Gasteiger partial charge in [-0.3, -0.25) is 4.79 Å². The highest BCUT2D eigenvalue weighted by Gasteiger charge is 2.33. The Morgan fingerprint density at radius 3 is 2.44 bits per heavy atom. The number of anilines is 1. The first-order chi connectivity index (χ1) is 15.3. The van der Waals surface area contributed by atoms with Crippen LogP contribution < -0.4 is 11.1 Å². The number of benzene rings is 1. The van der Waals surface area contributed by atoms with Crippen molar-refractivity contribution in [3.05, 3.63) is 40.4 Å². The highest BCUT2D eigenvalue weighted by atomic mass is 79.9. The number of carbonyl (C=O) groups is 3. The topological polar surface area (TPSA) is 225 Å². The van der Waals surface area contributed by atoms with E-state index in [2.05, 4.69) is 15.5 Å². The van der Waals surface area contributed by atoms with Crippen molar-refractivity contribution < 1.29 is 44.6 Å². The van der Waals surface area contributed by atoms with E-state index in [1.54, 1.807) is 0 Å². The van der Waals surface area contributed by atoms with Crippen molar-refractivity contribution in [3.8, 4) is 5.75 Å². The minimum Gasteiger partial charge on any atom is -0.507 e. The molecule has 1 unspecified atom stereocenters. The highest BCUT2D eigenvalue weighted by molar-refractivity contribution is 8.93. The van der Waals surface area contributed by atoms with Crippen LogP contribution in [0.3, 0.4) is 0 Å². The van der Waals surface area contributed by atoms with Crippen molar-refractivity contribution in [2.45, 2.75) is 31.8 Å². The molecule has 2 rings (SSSR count). The van der Waals surface area contributed by atoms with Crippen molar-refractivity contribution in [3.63, 3.8) is 0 Å². The normalized spacial score (nSPS) is 12.3. The van der Waals surface area contributed by atoms with E-state index in [4.69, 9.17) is 15.7 Å². The van der Waals surface area contributed by atoms with E-state index in [0.29, 0.717) is 0 Å². The lowest BCUT2D eigenvalue weighted by atomic mass is 9.75. The van der Waals surface area contributed by atoms with Crippen LogP contribution in [0, 0.1) is 0 Å². The van der Waals surface area contributed by atoms with Crippen LogP contribution in [-0.2, 0) is 20.8 Å². The molecule has 0 spiro atoms. The van der Waals surface area contributed by atoms with Gasteiger partial charge in [0.25, 0.3) is 5.91 Å². The summed E-state index contributed by atoms with van der Waals surface area (Å²) in [4.78, 5) is 44.2. The third kappa shape index (κ3) is 7.15. The summed E-state index contributed by atoms with van der Waals surface area (Å²) in [5, 5.41) is 55.3. The Morgan fingerprint density at radius 1 is 1.29 bits per heavy atom. The molecule has 0 aliphatic heterocycles. The molecule has 1 heterocycles. The van der Waals surface area contributed by atoms with Crippen LogP contribution >= 0.6 is 28.3 Å². The minimum atomic E-state index is -2.13. The molecule has 0 radical (unpaired) electrons. The molecule has 1 aromatic heterocycles. The number of oxime groups is 1. The molecule has 0 aliphatic rings. The van der Waals surface area contributed by atoms with Crippen molar-refractivity contribution in [1.82, 2.24) is 10.3 Å². The van der Waals surface area contributed by atoms with Crippen molar-refractivity contribution in [1.29, 1.82) is 0 Å².